The molecule has 0 unspecified atom stereocenters. The Labute approximate surface area is 82.5 Å². The van der Waals surface area contributed by atoms with Gasteiger partial charge in [-0.2, -0.15) is 0 Å². The predicted octanol–water partition coefficient (Wildman–Crippen LogP) is 2.08. The number of benzene rings is 1. The molecule has 0 aliphatic rings. The fourth-order valence-electron chi connectivity index (χ4n) is 1.40. The minimum absolute atomic E-state index is 0.530. The van der Waals surface area contributed by atoms with Crippen LogP contribution < -0.4 is 10.5 Å². The average Bonchev–Trinajstić information content (AvgIpc) is 2.57. The van der Waals surface area contributed by atoms with Crippen LogP contribution in [0.4, 0.5) is 0 Å². The van der Waals surface area contributed by atoms with E-state index in [-0.39, 0.29) is 0 Å². The van der Waals surface area contributed by atoms with Crippen LogP contribution in [0.15, 0.2) is 28.9 Å². The normalized spacial score (nSPS) is 10.7. The molecule has 2 aromatic rings. The molecule has 3 heteroatoms. The van der Waals surface area contributed by atoms with Crippen molar-refractivity contribution in [3.63, 3.8) is 0 Å². The van der Waals surface area contributed by atoms with Crippen LogP contribution in [0.1, 0.15) is 5.56 Å². The van der Waals surface area contributed by atoms with Gasteiger partial charge in [-0.05, 0) is 30.7 Å². The van der Waals surface area contributed by atoms with Crippen molar-refractivity contribution >= 4 is 11.0 Å². The number of fused-ring (bicyclic) bond motifs is 1. The maximum absolute atomic E-state index is 5.42. The van der Waals surface area contributed by atoms with E-state index in [0.717, 1.165) is 22.3 Å². The number of rotatable bonds is 3. The van der Waals surface area contributed by atoms with Gasteiger partial charge in [-0.15, -0.1) is 0 Å². The second-order valence-corrected chi connectivity index (χ2v) is 3.21. The first-order chi connectivity index (χ1) is 6.81. The molecule has 14 heavy (non-hydrogen) atoms. The van der Waals surface area contributed by atoms with Crippen LogP contribution in [-0.2, 0) is 0 Å². The average molecular weight is 191 g/mol. The Morgan fingerprint density at radius 1 is 1.43 bits per heavy atom. The first-order valence-corrected chi connectivity index (χ1v) is 4.62. The monoisotopic (exact) mass is 191 g/mol. The summed E-state index contributed by atoms with van der Waals surface area (Å²) in [5.74, 6) is 0.840. The Balaban J connectivity index is 2.34. The molecule has 1 aromatic carbocycles. The van der Waals surface area contributed by atoms with Gasteiger partial charge in [0.2, 0.25) is 0 Å². The molecule has 0 amide bonds. The molecule has 3 nitrogen and oxygen atoms in total. The van der Waals surface area contributed by atoms with E-state index < -0.39 is 0 Å². The fraction of sp³-hybridized carbons (Fsp3) is 0.273. The fourth-order valence-corrected chi connectivity index (χ4v) is 1.40. The third kappa shape index (κ3) is 1.59. The van der Waals surface area contributed by atoms with E-state index in [4.69, 9.17) is 14.9 Å². The first kappa shape index (κ1) is 9.09. The van der Waals surface area contributed by atoms with Gasteiger partial charge in [0.15, 0.2) is 0 Å². The van der Waals surface area contributed by atoms with Gasteiger partial charge in [-0.1, -0.05) is 0 Å². The number of hydrogen-bond donors (Lipinski definition) is 1. The number of hydrogen-bond acceptors (Lipinski definition) is 3. The molecule has 0 fully saturated rings. The Hall–Kier alpha value is -1.48. The van der Waals surface area contributed by atoms with Crippen LogP contribution in [0.2, 0.25) is 0 Å². The minimum Gasteiger partial charge on any atom is -0.492 e. The number of furan rings is 1. The quantitative estimate of drug-likeness (QED) is 0.808. The van der Waals surface area contributed by atoms with Gasteiger partial charge >= 0.3 is 0 Å². The molecule has 0 aliphatic heterocycles. The van der Waals surface area contributed by atoms with Crippen molar-refractivity contribution in [1.82, 2.24) is 0 Å². The summed E-state index contributed by atoms with van der Waals surface area (Å²) in [5.41, 5.74) is 7.37. The Kier molecular flexibility index (Phi) is 2.41. The molecule has 0 bridgehead atoms. The second kappa shape index (κ2) is 3.72. The first-order valence-electron chi connectivity index (χ1n) is 4.62. The van der Waals surface area contributed by atoms with Crippen molar-refractivity contribution in [2.24, 2.45) is 5.73 Å². The highest BCUT2D eigenvalue weighted by Crippen LogP contribution is 2.24. The van der Waals surface area contributed by atoms with Crippen molar-refractivity contribution < 1.29 is 9.15 Å². The molecule has 1 aromatic heterocycles. The summed E-state index contributed by atoms with van der Waals surface area (Å²) in [6, 6.07) is 5.78. The smallest absolute Gasteiger partial charge is 0.134 e. The highest BCUT2D eigenvalue weighted by Gasteiger charge is 2.02. The molecule has 2 N–H and O–H groups in total. The molecule has 0 saturated heterocycles. The summed E-state index contributed by atoms with van der Waals surface area (Å²) >= 11 is 0. The molecule has 0 spiro atoms. The molecule has 0 aliphatic carbocycles. The highest BCUT2D eigenvalue weighted by molar-refractivity contribution is 5.82. The molecular formula is C11H13NO2. The molecule has 1 heterocycles. The van der Waals surface area contributed by atoms with Crippen molar-refractivity contribution in [2.45, 2.75) is 6.92 Å². The Morgan fingerprint density at radius 3 is 3.07 bits per heavy atom. The van der Waals surface area contributed by atoms with Gasteiger partial charge < -0.3 is 14.9 Å². The van der Waals surface area contributed by atoms with Crippen LogP contribution >= 0.6 is 0 Å². The van der Waals surface area contributed by atoms with Gasteiger partial charge in [0.25, 0.3) is 0 Å². The lowest BCUT2D eigenvalue weighted by Crippen LogP contribution is -2.10. The molecule has 74 valence electrons. The summed E-state index contributed by atoms with van der Waals surface area (Å²) in [7, 11) is 0. The summed E-state index contributed by atoms with van der Waals surface area (Å²) in [5, 5.41) is 1.10. The Bertz CT molecular complexity index is 434. The van der Waals surface area contributed by atoms with E-state index in [2.05, 4.69) is 0 Å². The maximum Gasteiger partial charge on any atom is 0.134 e. The predicted molar refractivity (Wildman–Crippen MR) is 55.5 cm³/mol. The van der Waals surface area contributed by atoms with Crippen molar-refractivity contribution in [3.8, 4) is 5.75 Å². The standard InChI is InChI=1S/C11H13NO2/c1-8-7-14-11-3-2-9(6-10(8)11)13-5-4-12/h2-3,6-7H,4-5,12H2,1H3. The summed E-state index contributed by atoms with van der Waals surface area (Å²) in [4.78, 5) is 0. The summed E-state index contributed by atoms with van der Waals surface area (Å²) in [6.07, 6.45) is 1.75. The highest BCUT2D eigenvalue weighted by atomic mass is 16.5. The lowest BCUT2D eigenvalue weighted by Gasteiger charge is -2.03. The van der Waals surface area contributed by atoms with E-state index in [0.29, 0.717) is 13.2 Å². The SMILES string of the molecule is Cc1coc2ccc(OCCN)cc12. The van der Waals surface area contributed by atoms with Gasteiger partial charge in [0.1, 0.15) is 17.9 Å². The Morgan fingerprint density at radius 2 is 2.29 bits per heavy atom. The lowest BCUT2D eigenvalue weighted by molar-refractivity contribution is 0.328. The van der Waals surface area contributed by atoms with E-state index in [9.17, 15) is 0 Å². The molecular weight excluding hydrogens is 178 g/mol. The van der Waals surface area contributed by atoms with E-state index in [1.807, 2.05) is 25.1 Å². The third-order valence-corrected chi connectivity index (χ3v) is 2.13. The van der Waals surface area contributed by atoms with Crippen molar-refractivity contribution in [1.29, 1.82) is 0 Å². The maximum atomic E-state index is 5.42. The third-order valence-electron chi connectivity index (χ3n) is 2.13. The molecule has 0 saturated carbocycles. The van der Waals surface area contributed by atoms with Gasteiger partial charge in [-0.3, -0.25) is 0 Å². The van der Waals surface area contributed by atoms with Gasteiger partial charge in [0, 0.05) is 11.9 Å². The zero-order valence-corrected chi connectivity index (χ0v) is 8.12. The molecule has 0 radical (unpaired) electrons. The van der Waals surface area contributed by atoms with Crippen LogP contribution in [0.5, 0.6) is 5.75 Å². The van der Waals surface area contributed by atoms with Gasteiger partial charge in [0.05, 0.1) is 6.26 Å². The van der Waals surface area contributed by atoms with E-state index in [1.54, 1.807) is 6.26 Å². The topological polar surface area (TPSA) is 48.4 Å². The summed E-state index contributed by atoms with van der Waals surface area (Å²) < 4.78 is 10.7. The van der Waals surface area contributed by atoms with Gasteiger partial charge in [-0.25, -0.2) is 0 Å². The van der Waals surface area contributed by atoms with Crippen molar-refractivity contribution in [2.75, 3.05) is 13.2 Å². The zero-order chi connectivity index (χ0) is 9.97. The van der Waals surface area contributed by atoms with Crippen LogP contribution in [0.3, 0.4) is 0 Å². The summed E-state index contributed by atoms with van der Waals surface area (Å²) in [6.45, 7) is 3.09. The van der Waals surface area contributed by atoms with E-state index in [1.165, 1.54) is 0 Å². The molecule has 0 atom stereocenters. The largest absolute Gasteiger partial charge is 0.492 e. The zero-order valence-electron chi connectivity index (χ0n) is 8.12. The van der Waals surface area contributed by atoms with E-state index >= 15 is 0 Å². The van der Waals surface area contributed by atoms with Crippen LogP contribution in [0.25, 0.3) is 11.0 Å². The number of ether oxygens (including phenoxy) is 1. The van der Waals surface area contributed by atoms with Crippen LogP contribution in [-0.4, -0.2) is 13.2 Å². The minimum atomic E-state index is 0.530. The number of aryl methyl sites for hydroxylation is 1. The second-order valence-electron chi connectivity index (χ2n) is 3.21. The molecule has 2 rings (SSSR count). The lowest BCUT2D eigenvalue weighted by atomic mass is 10.2. The van der Waals surface area contributed by atoms with Crippen molar-refractivity contribution in [3.05, 3.63) is 30.0 Å². The van der Waals surface area contributed by atoms with Crippen LogP contribution in [0, 0.1) is 6.92 Å². The number of nitrogens with two attached hydrogens (primary N) is 1.